The molecule has 1 saturated carbocycles. The summed E-state index contributed by atoms with van der Waals surface area (Å²) in [6.45, 7) is 7.33. The summed E-state index contributed by atoms with van der Waals surface area (Å²) in [4.78, 5) is 12.3. The van der Waals surface area contributed by atoms with Gasteiger partial charge in [0.05, 0.1) is 0 Å². The minimum absolute atomic E-state index is 0.127. The summed E-state index contributed by atoms with van der Waals surface area (Å²) in [7, 11) is 0. The zero-order valence-corrected chi connectivity index (χ0v) is 12.8. The third kappa shape index (κ3) is 3.83. The number of hydrogen-bond donors (Lipinski definition) is 2. The Balaban J connectivity index is 2.04. The highest BCUT2D eigenvalue weighted by atomic mass is 16.1. The van der Waals surface area contributed by atoms with Crippen LogP contribution in [0.1, 0.15) is 51.6 Å². The molecule has 3 nitrogen and oxygen atoms in total. The van der Waals surface area contributed by atoms with Crippen molar-refractivity contribution in [2.75, 3.05) is 11.9 Å². The number of rotatable bonds is 7. The maximum absolute atomic E-state index is 12.3. The Morgan fingerprint density at radius 2 is 2.00 bits per heavy atom. The molecule has 1 amide bonds. The number of benzene rings is 1. The molecule has 110 valence electrons. The van der Waals surface area contributed by atoms with Crippen LogP contribution in [0.4, 0.5) is 5.69 Å². The topological polar surface area (TPSA) is 41.1 Å². The standard InChI is InChI=1S/C17H26N2O/c1-4-11-18-13(3)15-7-5-6-8-16(15)19-17(20)12(2)14-9-10-14/h5-8,12-14,18H,4,9-11H2,1-3H3,(H,19,20). The van der Waals surface area contributed by atoms with Crippen molar-refractivity contribution in [1.29, 1.82) is 0 Å². The second kappa shape index (κ2) is 6.89. The lowest BCUT2D eigenvalue weighted by Gasteiger charge is -2.19. The van der Waals surface area contributed by atoms with Crippen molar-refractivity contribution in [2.45, 2.75) is 46.1 Å². The Labute approximate surface area is 122 Å². The van der Waals surface area contributed by atoms with Gasteiger partial charge in [-0.05, 0) is 50.3 Å². The molecule has 2 N–H and O–H groups in total. The Morgan fingerprint density at radius 3 is 2.65 bits per heavy atom. The van der Waals surface area contributed by atoms with Crippen LogP contribution in [0.3, 0.4) is 0 Å². The normalized spacial score (nSPS) is 17.6. The van der Waals surface area contributed by atoms with E-state index in [1.54, 1.807) is 0 Å². The quantitative estimate of drug-likeness (QED) is 0.795. The van der Waals surface area contributed by atoms with Crippen molar-refractivity contribution in [3.63, 3.8) is 0 Å². The highest BCUT2D eigenvalue weighted by molar-refractivity contribution is 5.93. The van der Waals surface area contributed by atoms with Gasteiger partial charge in [0.15, 0.2) is 0 Å². The number of para-hydroxylation sites is 1. The molecule has 2 atom stereocenters. The Morgan fingerprint density at radius 1 is 1.30 bits per heavy atom. The fourth-order valence-electron chi connectivity index (χ4n) is 2.52. The predicted octanol–water partition coefficient (Wildman–Crippen LogP) is 3.73. The van der Waals surface area contributed by atoms with Gasteiger partial charge in [0.25, 0.3) is 0 Å². The van der Waals surface area contributed by atoms with Crippen LogP contribution in [0, 0.1) is 11.8 Å². The zero-order valence-electron chi connectivity index (χ0n) is 12.8. The van der Waals surface area contributed by atoms with E-state index in [-0.39, 0.29) is 17.9 Å². The smallest absolute Gasteiger partial charge is 0.227 e. The van der Waals surface area contributed by atoms with Gasteiger partial charge in [0, 0.05) is 17.6 Å². The van der Waals surface area contributed by atoms with Crippen LogP contribution in [-0.4, -0.2) is 12.5 Å². The van der Waals surface area contributed by atoms with E-state index in [2.05, 4.69) is 30.5 Å². The first-order valence-corrected chi connectivity index (χ1v) is 7.76. The lowest BCUT2D eigenvalue weighted by atomic mass is 10.0. The highest BCUT2D eigenvalue weighted by Gasteiger charge is 2.32. The second-order valence-electron chi connectivity index (χ2n) is 5.88. The van der Waals surface area contributed by atoms with Crippen LogP contribution >= 0.6 is 0 Å². The van der Waals surface area contributed by atoms with E-state index in [1.807, 2.05) is 25.1 Å². The fraction of sp³-hybridized carbons (Fsp3) is 0.588. The molecular formula is C17H26N2O. The number of amides is 1. The third-order valence-electron chi connectivity index (χ3n) is 4.13. The van der Waals surface area contributed by atoms with Crippen molar-refractivity contribution in [1.82, 2.24) is 5.32 Å². The van der Waals surface area contributed by atoms with Crippen LogP contribution in [0.15, 0.2) is 24.3 Å². The van der Waals surface area contributed by atoms with E-state index < -0.39 is 0 Å². The third-order valence-corrected chi connectivity index (χ3v) is 4.13. The van der Waals surface area contributed by atoms with Crippen molar-refractivity contribution in [3.8, 4) is 0 Å². The molecule has 0 aromatic heterocycles. The van der Waals surface area contributed by atoms with Gasteiger partial charge in [-0.1, -0.05) is 32.0 Å². The molecule has 0 spiro atoms. The predicted molar refractivity (Wildman–Crippen MR) is 83.7 cm³/mol. The van der Waals surface area contributed by atoms with Crippen LogP contribution in [0.5, 0.6) is 0 Å². The molecule has 0 aliphatic heterocycles. The second-order valence-corrected chi connectivity index (χ2v) is 5.88. The summed E-state index contributed by atoms with van der Waals surface area (Å²) < 4.78 is 0. The van der Waals surface area contributed by atoms with E-state index >= 15 is 0 Å². The summed E-state index contributed by atoms with van der Waals surface area (Å²) in [6, 6.07) is 8.34. The summed E-state index contributed by atoms with van der Waals surface area (Å²) in [6.07, 6.45) is 3.51. The Bertz CT molecular complexity index is 454. The van der Waals surface area contributed by atoms with Gasteiger partial charge in [-0.15, -0.1) is 0 Å². The summed E-state index contributed by atoms with van der Waals surface area (Å²) in [5, 5.41) is 6.59. The first-order valence-electron chi connectivity index (χ1n) is 7.76. The first-order chi connectivity index (χ1) is 9.63. The molecule has 2 rings (SSSR count). The molecule has 1 aromatic carbocycles. The zero-order chi connectivity index (χ0) is 14.5. The number of carbonyl (C=O) groups is 1. The fourth-order valence-corrected chi connectivity index (χ4v) is 2.52. The summed E-state index contributed by atoms with van der Waals surface area (Å²) >= 11 is 0. The minimum atomic E-state index is 0.127. The van der Waals surface area contributed by atoms with Crippen LogP contribution < -0.4 is 10.6 Å². The minimum Gasteiger partial charge on any atom is -0.326 e. The van der Waals surface area contributed by atoms with Crippen molar-refractivity contribution < 1.29 is 4.79 Å². The Kier molecular flexibility index (Phi) is 5.18. The van der Waals surface area contributed by atoms with Crippen molar-refractivity contribution >= 4 is 11.6 Å². The molecule has 1 aliphatic rings. The average molecular weight is 274 g/mol. The van der Waals surface area contributed by atoms with E-state index in [4.69, 9.17) is 0 Å². The van der Waals surface area contributed by atoms with Gasteiger partial charge in [0.1, 0.15) is 0 Å². The van der Waals surface area contributed by atoms with Crippen LogP contribution in [0.25, 0.3) is 0 Å². The molecule has 0 bridgehead atoms. The van der Waals surface area contributed by atoms with E-state index in [1.165, 1.54) is 12.8 Å². The largest absolute Gasteiger partial charge is 0.326 e. The van der Waals surface area contributed by atoms with Gasteiger partial charge in [-0.25, -0.2) is 0 Å². The van der Waals surface area contributed by atoms with E-state index in [9.17, 15) is 4.79 Å². The van der Waals surface area contributed by atoms with Gasteiger partial charge in [-0.3, -0.25) is 4.79 Å². The van der Waals surface area contributed by atoms with E-state index in [0.717, 1.165) is 24.2 Å². The average Bonchev–Trinajstić information content (AvgIpc) is 3.29. The molecule has 1 fully saturated rings. The maximum atomic E-state index is 12.3. The summed E-state index contributed by atoms with van der Waals surface area (Å²) in [5.41, 5.74) is 2.11. The van der Waals surface area contributed by atoms with Crippen molar-refractivity contribution in [3.05, 3.63) is 29.8 Å². The number of nitrogens with one attached hydrogen (secondary N) is 2. The number of carbonyl (C=O) groups excluding carboxylic acids is 1. The maximum Gasteiger partial charge on any atom is 0.227 e. The lowest BCUT2D eigenvalue weighted by Crippen LogP contribution is -2.25. The molecule has 0 saturated heterocycles. The molecule has 20 heavy (non-hydrogen) atoms. The molecule has 1 aliphatic carbocycles. The van der Waals surface area contributed by atoms with E-state index in [0.29, 0.717) is 5.92 Å². The molecule has 2 unspecified atom stereocenters. The lowest BCUT2D eigenvalue weighted by molar-refractivity contribution is -0.119. The molecule has 3 heteroatoms. The molecule has 0 radical (unpaired) electrons. The number of hydrogen-bond acceptors (Lipinski definition) is 2. The summed E-state index contributed by atoms with van der Waals surface area (Å²) in [5.74, 6) is 0.877. The molecule has 1 aromatic rings. The van der Waals surface area contributed by atoms with Gasteiger partial charge in [-0.2, -0.15) is 0 Å². The molecular weight excluding hydrogens is 248 g/mol. The first kappa shape index (κ1) is 15.0. The van der Waals surface area contributed by atoms with Gasteiger partial charge < -0.3 is 10.6 Å². The van der Waals surface area contributed by atoms with Crippen molar-refractivity contribution in [2.24, 2.45) is 11.8 Å². The molecule has 0 heterocycles. The van der Waals surface area contributed by atoms with Gasteiger partial charge in [0.2, 0.25) is 5.91 Å². The number of anilines is 1. The van der Waals surface area contributed by atoms with Crippen LogP contribution in [-0.2, 0) is 4.79 Å². The Hall–Kier alpha value is -1.35. The monoisotopic (exact) mass is 274 g/mol. The van der Waals surface area contributed by atoms with Gasteiger partial charge >= 0.3 is 0 Å². The SMILES string of the molecule is CCCNC(C)c1ccccc1NC(=O)C(C)C1CC1. The van der Waals surface area contributed by atoms with Crippen LogP contribution in [0.2, 0.25) is 0 Å². The highest BCUT2D eigenvalue weighted by Crippen LogP contribution is 2.37.